The van der Waals surface area contributed by atoms with E-state index in [1.165, 1.54) is 18.2 Å². The number of ether oxygens (including phenoxy) is 1. The lowest BCUT2D eigenvalue weighted by Crippen LogP contribution is -2.43. The maximum atomic E-state index is 12.7. The first-order valence-electron chi connectivity index (χ1n) is 8.38. The summed E-state index contributed by atoms with van der Waals surface area (Å²) in [5.74, 6) is -3.04. The third-order valence-corrected chi connectivity index (χ3v) is 4.15. The highest BCUT2D eigenvalue weighted by Crippen LogP contribution is 2.34. The molecular weight excluding hydrogens is 429 g/mol. The van der Waals surface area contributed by atoms with Crippen LogP contribution in [0.3, 0.4) is 0 Å². The van der Waals surface area contributed by atoms with Crippen molar-refractivity contribution in [3.05, 3.63) is 64.2 Å². The van der Waals surface area contributed by atoms with Gasteiger partial charge in [0.25, 0.3) is 5.91 Å². The van der Waals surface area contributed by atoms with Gasteiger partial charge in [-0.2, -0.15) is 13.2 Å². The van der Waals surface area contributed by atoms with E-state index >= 15 is 0 Å². The summed E-state index contributed by atoms with van der Waals surface area (Å²) in [6.07, 6.45) is -5.11. The summed E-state index contributed by atoms with van der Waals surface area (Å²) in [4.78, 5) is 34.3. The number of alkyl halides is 3. The second-order valence-corrected chi connectivity index (χ2v) is 6.57. The van der Waals surface area contributed by atoms with E-state index in [1.54, 1.807) is 6.07 Å². The molecule has 2 rings (SSSR count). The molecule has 30 heavy (non-hydrogen) atoms. The summed E-state index contributed by atoms with van der Waals surface area (Å²) < 4.78 is 43.5. The van der Waals surface area contributed by atoms with Crippen LogP contribution in [0.25, 0.3) is 0 Å². The van der Waals surface area contributed by atoms with Gasteiger partial charge < -0.3 is 20.9 Å². The number of halogens is 4. The first kappa shape index (κ1) is 23.0. The van der Waals surface area contributed by atoms with Gasteiger partial charge in [-0.25, -0.2) is 4.79 Å². The second-order valence-electron chi connectivity index (χ2n) is 6.17. The predicted molar refractivity (Wildman–Crippen MR) is 99.9 cm³/mol. The lowest BCUT2D eigenvalue weighted by Gasteiger charge is -2.14. The Kier molecular flexibility index (Phi) is 7.28. The summed E-state index contributed by atoms with van der Waals surface area (Å²) in [7, 11) is 0. The van der Waals surface area contributed by atoms with Crippen molar-refractivity contribution >= 4 is 29.4 Å². The minimum absolute atomic E-state index is 0.0203. The van der Waals surface area contributed by atoms with Crippen molar-refractivity contribution in [1.29, 1.82) is 0 Å². The zero-order valence-corrected chi connectivity index (χ0v) is 16.0. The molecule has 0 aliphatic carbocycles. The molecule has 0 aliphatic heterocycles. The fourth-order valence-electron chi connectivity index (χ4n) is 2.40. The maximum Gasteiger partial charge on any atom is 0.416 e. The smallest absolute Gasteiger partial charge is 0.416 e. The average Bonchev–Trinajstić information content (AvgIpc) is 2.65. The van der Waals surface area contributed by atoms with Crippen LogP contribution in [0.15, 0.2) is 42.5 Å². The normalized spacial score (nSPS) is 12.1. The highest BCUT2D eigenvalue weighted by molar-refractivity contribution is 6.32. The molecule has 0 unspecified atom stereocenters. The fourth-order valence-corrected chi connectivity index (χ4v) is 2.64. The van der Waals surface area contributed by atoms with Crippen LogP contribution in [-0.2, 0) is 22.4 Å². The predicted octanol–water partition coefficient (Wildman–Crippen LogP) is 3.00. The van der Waals surface area contributed by atoms with Gasteiger partial charge in [0.2, 0.25) is 5.91 Å². The molecule has 0 spiro atoms. The van der Waals surface area contributed by atoms with Crippen LogP contribution in [0.1, 0.15) is 27.9 Å². The van der Waals surface area contributed by atoms with Gasteiger partial charge in [-0.15, -0.1) is 0 Å². The molecule has 2 amide bonds. The molecule has 2 aromatic carbocycles. The van der Waals surface area contributed by atoms with Crippen LogP contribution in [0, 0.1) is 0 Å². The first-order valence-corrected chi connectivity index (χ1v) is 8.75. The molecular formula is C19H16ClF3N2O5. The fraction of sp³-hybridized carbons (Fsp3) is 0.211. The molecule has 0 aliphatic rings. The van der Waals surface area contributed by atoms with Crippen molar-refractivity contribution in [2.24, 2.45) is 5.73 Å². The summed E-state index contributed by atoms with van der Waals surface area (Å²) in [6.45, 7) is -0.115. The minimum Gasteiger partial charge on any atom is -0.487 e. The molecule has 0 fully saturated rings. The van der Waals surface area contributed by atoms with Gasteiger partial charge in [0.1, 0.15) is 18.4 Å². The number of hydrogen-bond acceptors (Lipinski definition) is 4. The molecule has 0 aromatic heterocycles. The van der Waals surface area contributed by atoms with Crippen LogP contribution in [0.4, 0.5) is 13.2 Å². The monoisotopic (exact) mass is 444 g/mol. The zero-order chi connectivity index (χ0) is 22.5. The molecule has 160 valence electrons. The molecule has 0 radical (unpaired) electrons. The topological polar surface area (TPSA) is 119 Å². The number of carboxylic acid groups (broad SMARTS) is 1. The number of carbonyl (C=O) groups excluding carboxylic acids is 2. The highest BCUT2D eigenvalue weighted by atomic mass is 35.5. The number of primary amides is 1. The number of carbonyl (C=O) groups is 3. The van der Waals surface area contributed by atoms with E-state index in [4.69, 9.17) is 27.2 Å². The number of nitrogens with two attached hydrogens (primary N) is 1. The van der Waals surface area contributed by atoms with E-state index in [1.807, 2.05) is 0 Å². The third kappa shape index (κ3) is 6.38. The summed E-state index contributed by atoms with van der Waals surface area (Å²) >= 11 is 5.83. The van der Waals surface area contributed by atoms with Crippen molar-refractivity contribution in [3.8, 4) is 5.75 Å². The number of hydrogen-bond donors (Lipinski definition) is 3. The van der Waals surface area contributed by atoms with Gasteiger partial charge in [0, 0.05) is 5.56 Å². The van der Waals surface area contributed by atoms with E-state index in [0.29, 0.717) is 5.56 Å². The summed E-state index contributed by atoms with van der Waals surface area (Å²) in [6, 6.07) is 7.08. The molecule has 11 heteroatoms. The molecule has 2 aromatic rings. The minimum atomic E-state index is -4.54. The van der Waals surface area contributed by atoms with Gasteiger partial charge in [-0.1, -0.05) is 23.7 Å². The molecule has 7 nitrogen and oxygen atoms in total. The van der Waals surface area contributed by atoms with E-state index in [2.05, 4.69) is 5.32 Å². The van der Waals surface area contributed by atoms with Crippen LogP contribution in [-0.4, -0.2) is 28.9 Å². The van der Waals surface area contributed by atoms with Crippen molar-refractivity contribution in [1.82, 2.24) is 5.32 Å². The van der Waals surface area contributed by atoms with Crippen LogP contribution in [0.2, 0.25) is 5.02 Å². The van der Waals surface area contributed by atoms with E-state index in [-0.39, 0.29) is 22.9 Å². The van der Waals surface area contributed by atoms with E-state index in [9.17, 15) is 27.6 Å². The second kappa shape index (κ2) is 9.49. The number of benzene rings is 2. The van der Waals surface area contributed by atoms with Gasteiger partial charge >= 0.3 is 12.1 Å². The number of rotatable bonds is 8. The van der Waals surface area contributed by atoms with Crippen LogP contribution >= 0.6 is 11.6 Å². The zero-order valence-electron chi connectivity index (χ0n) is 15.2. The van der Waals surface area contributed by atoms with Gasteiger partial charge in [0.15, 0.2) is 0 Å². The molecule has 4 N–H and O–H groups in total. The van der Waals surface area contributed by atoms with E-state index < -0.39 is 42.0 Å². The number of nitrogens with one attached hydrogen (secondary N) is 1. The third-order valence-electron chi connectivity index (χ3n) is 3.85. The average molecular weight is 445 g/mol. The molecule has 0 heterocycles. The van der Waals surface area contributed by atoms with Gasteiger partial charge in [0.05, 0.1) is 17.0 Å². The standard InChI is InChI=1S/C19H16ClF3N2O5/c20-13-7-12(19(21,22)23)4-5-15(13)30-9-10-2-1-3-11(6-10)17(27)25-14(18(28)29)8-16(24)26/h1-7,14H,8-9H2,(H2,24,26)(H,25,27)(H,28,29)/t14-/m0/s1. The van der Waals surface area contributed by atoms with Crippen molar-refractivity contribution < 1.29 is 37.4 Å². The molecule has 0 saturated carbocycles. The summed E-state index contributed by atoms with van der Waals surface area (Å²) in [5.41, 5.74) is 4.61. The Morgan fingerprint density at radius 3 is 2.43 bits per heavy atom. The Hall–Kier alpha value is -3.27. The Morgan fingerprint density at radius 1 is 1.17 bits per heavy atom. The van der Waals surface area contributed by atoms with Crippen molar-refractivity contribution in [2.75, 3.05) is 0 Å². The first-order chi connectivity index (χ1) is 14.0. The molecule has 0 bridgehead atoms. The van der Waals surface area contributed by atoms with Crippen LogP contribution in [0.5, 0.6) is 5.75 Å². The molecule has 1 atom stereocenters. The van der Waals surface area contributed by atoms with Crippen LogP contribution < -0.4 is 15.8 Å². The van der Waals surface area contributed by atoms with E-state index in [0.717, 1.165) is 18.2 Å². The summed E-state index contributed by atoms with van der Waals surface area (Å²) in [5, 5.41) is 11.0. The van der Waals surface area contributed by atoms with Crippen molar-refractivity contribution in [2.45, 2.75) is 25.2 Å². The highest BCUT2D eigenvalue weighted by Gasteiger charge is 2.31. The Bertz CT molecular complexity index is 965. The Morgan fingerprint density at radius 2 is 1.87 bits per heavy atom. The lowest BCUT2D eigenvalue weighted by molar-refractivity contribution is -0.141. The number of aliphatic carboxylic acids is 1. The molecule has 0 saturated heterocycles. The lowest BCUT2D eigenvalue weighted by atomic mass is 10.1. The van der Waals surface area contributed by atoms with Crippen molar-refractivity contribution in [3.63, 3.8) is 0 Å². The van der Waals surface area contributed by atoms with Gasteiger partial charge in [-0.05, 0) is 35.9 Å². The maximum absolute atomic E-state index is 12.7. The quantitative estimate of drug-likeness (QED) is 0.578. The largest absolute Gasteiger partial charge is 0.487 e. The van der Waals surface area contributed by atoms with Gasteiger partial charge in [-0.3, -0.25) is 9.59 Å². The SMILES string of the molecule is NC(=O)C[C@H](NC(=O)c1cccc(COc2ccc(C(F)(F)F)cc2Cl)c1)C(=O)O. The number of carboxylic acids is 1. The Balaban J connectivity index is 2.08. The Labute approximate surface area is 173 Å². The number of amides is 2.